The third-order valence-corrected chi connectivity index (χ3v) is 4.29. The molecule has 0 saturated heterocycles. The van der Waals surface area contributed by atoms with Crippen LogP contribution in [0.1, 0.15) is 96.8 Å². The van der Waals surface area contributed by atoms with Crippen LogP contribution in [0.5, 0.6) is 0 Å². The van der Waals surface area contributed by atoms with E-state index in [0.717, 1.165) is 24.3 Å². The Morgan fingerprint density at radius 3 is 1.71 bits per heavy atom. The van der Waals surface area contributed by atoms with Gasteiger partial charge in [0.2, 0.25) is 0 Å². The molecule has 4 heteroatoms. The Bertz CT molecular complexity index is 270. The second-order valence-electron chi connectivity index (χ2n) is 6.81. The van der Waals surface area contributed by atoms with Gasteiger partial charge in [-0.05, 0) is 38.6 Å². The molecule has 0 fully saturated rings. The minimum absolute atomic E-state index is 0.203. The van der Waals surface area contributed by atoms with Crippen LogP contribution in [0.15, 0.2) is 12.2 Å². The van der Waals surface area contributed by atoms with Crippen LogP contribution < -0.4 is 0 Å². The van der Waals surface area contributed by atoms with E-state index < -0.39 is 6.29 Å². The number of unbranched alkanes of at least 4 members (excludes halogenated alkanes) is 12. The molecule has 0 aromatic carbocycles. The minimum Gasteiger partial charge on any atom is -0.785 e. The Hall–Kier alpha value is -0.420. The zero-order valence-electron chi connectivity index (χ0n) is 15.8. The van der Waals surface area contributed by atoms with Crippen LogP contribution in [0.3, 0.4) is 0 Å². The van der Waals surface area contributed by atoms with E-state index in [9.17, 15) is 5.21 Å². The molecule has 0 aliphatic rings. The Morgan fingerprint density at radius 2 is 1.21 bits per heavy atom. The summed E-state index contributed by atoms with van der Waals surface area (Å²) < 4.78 is 0. The second-order valence-corrected chi connectivity index (χ2v) is 6.81. The Balaban J connectivity index is 3.15. The van der Waals surface area contributed by atoms with Crippen LogP contribution in [0.2, 0.25) is 0 Å². The Kier molecular flexibility index (Phi) is 18.6. The molecule has 0 heterocycles. The summed E-state index contributed by atoms with van der Waals surface area (Å²) in [5.41, 5.74) is 0. The number of hydrogen-bond donors (Lipinski definition) is 2. The van der Waals surface area contributed by atoms with E-state index in [4.69, 9.17) is 10.2 Å². The highest BCUT2D eigenvalue weighted by atomic mass is 16.5. The molecule has 0 amide bonds. The van der Waals surface area contributed by atoms with Gasteiger partial charge >= 0.3 is 0 Å². The van der Waals surface area contributed by atoms with Gasteiger partial charge in [-0.15, -0.1) is 0 Å². The normalized spacial score (nSPS) is 12.1. The summed E-state index contributed by atoms with van der Waals surface area (Å²) >= 11 is 0. The van der Waals surface area contributed by atoms with Crippen LogP contribution in [-0.2, 0) is 0 Å². The molecule has 0 radical (unpaired) electrons. The van der Waals surface area contributed by atoms with Crippen LogP contribution >= 0.6 is 0 Å². The van der Waals surface area contributed by atoms with Gasteiger partial charge < -0.3 is 20.5 Å². The highest BCUT2D eigenvalue weighted by Gasteiger charge is 1.98. The van der Waals surface area contributed by atoms with Gasteiger partial charge in [-0.1, -0.05) is 76.9 Å². The number of aliphatic hydroxyl groups excluding tert-OH is 1. The molecule has 0 unspecified atom stereocenters. The van der Waals surface area contributed by atoms with Gasteiger partial charge in [-0.2, -0.15) is 0 Å². The van der Waals surface area contributed by atoms with E-state index in [2.05, 4.69) is 19.1 Å². The van der Waals surface area contributed by atoms with Gasteiger partial charge in [0.05, 0.1) is 0 Å². The molecule has 0 bridgehead atoms. The summed E-state index contributed by atoms with van der Waals surface area (Å²) in [5, 5.41) is 29.3. The highest BCUT2D eigenvalue weighted by Crippen LogP contribution is 2.10. The zero-order valence-corrected chi connectivity index (χ0v) is 15.8. The van der Waals surface area contributed by atoms with E-state index in [-0.39, 0.29) is 6.54 Å². The zero-order chi connectivity index (χ0) is 17.9. The molecule has 0 saturated carbocycles. The molecule has 0 aliphatic heterocycles. The molecule has 4 nitrogen and oxygen atoms in total. The van der Waals surface area contributed by atoms with E-state index in [1.165, 1.54) is 70.6 Å². The number of hydrogen-bond acceptors (Lipinski definition) is 4. The summed E-state index contributed by atoms with van der Waals surface area (Å²) in [6, 6.07) is 0. The molecule has 0 spiro atoms. The number of rotatable bonds is 18. The number of nitrogens with zero attached hydrogens (tertiary/aromatic N) is 1. The lowest BCUT2D eigenvalue weighted by Gasteiger charge is -2.28. The molecule has 0 aromatic heterocycles. The maximum Gasteiger partial charge on any atom is 0.163 e. The maximum absolute atomic E-state index is 11.2. The third kappa shape index (κ3) is 19.6. The van der Waals surface area contributed by atoms with Gasteiger partial charge in [-0.3, -0.25) is 0 Å². The van der Waals surface area contributed by atoms with Crippen molar-refractivity contribution in [2.75, 3.05) is 13.1 Å². The largest absolute Gasteiger partial charge is 0.785 e. The first-order chi connectivity index (χ1) is 11.7. The van der Waals surface area contributed by atoms with Crippen LogP contribution in [0, 0.1) is 5.21 Å². The smallest absolute Gasteiger partial charge is 0.163 e. The van der Waals surface area contributed by atoms with Gasteiger partial charge in [-0.25, -0.2) is 0 Å². The SMILES string of the molecule is CCCCCCCCC=CCCCCCCCCN([O-])CC(O)O. The predicted octanol–water partition coefficient (Wildman–Crippen LogP) is 5.13. The Labute approximate surface area is 149 Å². The van der Waals surface area contributed by atoms with Crippen molar-refractivity contribution in [1.82, 2.24) is 5.06 Å². The number of hydroxylamine groups is 2. The average molecular weight is 343 g/mol. The fraction of sp³-hybridized carbons (Fsp3) is 0.900. The fourth-order valence-electron chi connectivity index (χ4n) is 2.81. The molecule has 0 rings (SSSR count). The lowest BCUT2D eigenvalue weighted by Crippen LogP contribution is -2.28. The van der Waals surface area contributed by atoms with Gasteiger partial charge in [0.25, 0.3) is 0 Å². The van der Waals surface area contributed by atoms with E-state index in [0.29, 0.717) is 6.54 Å². The standard InChI is InChI=1S/C20H40NO3/c1-2-3-4-5-6-7-8-9-10-11-12-13-14-15-16-17-18-21(24)19-20(22)23/h9-10,20,22-23H,2-8,11-19H2,1H3/q-1. The molecule has 2 N–H and O–H groups in total. The molecule has 0 aromatic rings. The molecule has 24 heavy (non-hydrogen) atoms. The molecular formula is C20H40NO3-. The minimum atomic E-state index is -1.52. The van der Waals surface area contributed by atoms with E-state index in [1.807, 2.05) is 0 Å². The van der Waals surface area contributed by atoms with Gasteiger partial charge in [0, 0.05) is 6.54 Å². The molecule has 0 aliphatic carbocycles. The van der Waals surface area contributed by atoms with Crippen molar-refractivity contribution in [2.45, 2.75) is 103 Å². The van der Waals surface area contributed by atoms with Crippen molar-refractivity contribution in [3.63, 3.8) is 0 Å². The highest BCUT2D eigenvalue weighted by molar-refractivity contribution is 4.81. The molecule has 144 valence electrons. The maximum atomic E-state index is 11.2. The van der Waals surface area contributed by atoms with E-state index >= 15 is 0 Å². The van der Waals surface area contributed by atoms with Crippen LogP contribution in [0.25, 0.3) is 0 Å². The van der Waals surface area contributed by atoms with Crippen molar-refractivity contribution < 1.29 is 10.2 Å². The molecule has 0 atom stereocenters. The molecular weight excluding hydrogens is 302 g/mol. The monoisotopic (exact) mass is 342 g/mol. The summed E-state index contributed by atoms with van der Waals surface area (Å²) in [4.78, 5) is 0. The van der Waals surface area contributed by atoms with Crippen molar-refractivity contribution >= 4 is 0 Å². The average Bonchev–Trinajstić information content (AvgIpc) is 2.53. The summed E-state index contributed by atoms with van der Waals surface area (Å²) in [5.74, 6) is 0. The third-order valence-electron chi connectivity index (χ3n) is 4.29. The first kappa shape index (κ1) is 23.6. The van der Waals surface area contributed by atoms with Crippen molar-refractivity contribution in [1.29, 1.82) is 0 Å². The van der Waals surface area contributed by atoms with Crippen molar-refractivity contribution in [3.8, 4) is 0 Å². The van der Waals surface area contributed by atoms with Crippen molar-refractivity contribution in [3.05, 3.63) is 17.4 Å². The topological polar surface area (TPSA) is 66.8 Å². The lowest BCUT2D eigenvalue weighted by atomic mass is 10.1. The first-order valence-corrected chi connectivity index (χ1v) is 10.1. The number of aliphatic hydroxyl groups is 2. The summed E-state index contributed by atoms with van der Waals surface area (Å²) in [6.07, 6.45) is 20.6. The number of allylic oxidation sites excluding steroid dienone is 2. The summed E-state index contributed by atoms with van der Waals surface area (Å²) in [7, 11) is 0. The van der Waals surface area contributed by atoms with Gasteiger partial charge in [0.1, 0.15) is 0 Å². The van der Waals surface area contributed by atoms with E-state index in [1.54, 1.807) is 0 Å². The van der Waals surface area contributed by atoms with Crippen LogP contribution in [-0.4, -0.2) is 34.7 Å². The quantitative estimate of drug-likeness (QED) is 0.157. The second kappa shape index (κ2) is 18.9. The summed E-state index contributed by atoms with van der Waals surface area (Å²) in [6.45, 7) is 2.46. The lowest BCUT2D eigenvalue weighted by molar-refractivity contribution is -0.0542. The predicted molar refractivity (Wildman–Crippen MR) is 103 cm³/mol. The fourth-order valence-corrected chi connectivity index (χ4v) is 2.81. The van der Waals surface area contributed by atoms with Gasteiger partial charge in [0.15, 0.2) is 6.29 Å². The van der Waals surface area contributed by atoms with Crippen LogP contribution in [0.4, 0.5) is 0 Å². The van der Waals surface area contributed by atoms with Crippen molar-refractivity contribution in [2.24, 2.45) is 0 Å². The first-order valence-electron chi connectivity index (χ1n) is 10.1. The Morgan fingerprint density at radius 1 is 0.750 bits per heavy atom.